The molecule has 0 aliphatic heterocycles. The summed E-state index contributed by atoms with van der Waals surface area (Å²) < 4.78 is 11.1. The minimum Gasteiger partial charge on any atom is -0.452 e. The van der Waals surface area contributed by atoms with Gasteiger partial charge in [-0.2, -0.15) is 0 Å². The van der Waals surface area contributed by atoms with Crippen LogP contribution in [0.15, 0.2) is 150 Å². The molecule has 1 aliphatic rings. The number of fused-ring (bicyclic) bond motifs is 4. The number of benzene rings is 7. The molecule has 7 aromatic carbocycles. The zero-order chi connectivity index (χ0) is 31.8. The van der Waals surface area contributed by atoms with Crippen molar-refractivity contribution in [3.63, 3.8) is 0 Å². The van der Waals surface area contributed by atoms with Crippen molar-refractivity contribution in [2.75, 3.05) is 0 Å². The zero-order valence-corrected chi connectivity index (χ0v) is 26.1. The second-order valence-corrected chi connectivity index (χ2v) is 12.9. The Morgan fingerprint density at radius 2 is 1.06 bits per heavy atom. The third kappa shape index (κ3) is 3.15. The van der Waals surface area contributed by atoms with Crippen molar-refractivity contribution in [3.8, 4) is 34.0 Å². The van der Waals surface area contributed by atoms with Crippen LogP contribution in [0.4, 0.5) is 0 Å². The van der Waals surface area contributed by atoms with Gasteiger partial charge in [0.2, 0.25) is 5.95 Å². The molecule has 12 rings (SSSR count). The number of aromatic nitrogens is 4. The molecule has 226 valence electrons. The Kier molecular flexibility index (Phi) is 4.66. The quantitative estimate of drug-likeness (QED) is 0.196. The largest absolute Gasteiger partial charge is 0.452 e. The summed E-state index contributed by atoms with van der Waals surface area (Å²) in [5, 5.41) is 8.52. The van der Waals surface area contributed by atoms with E-state index in [1.807, 2.05) is 36.4 Å². The Bertz CT molecular complexity index is 3200. The summed E-state index contributed by atoms with van der Waals surface area (Å²) in [7, 11) is 0. The zero-order valence-electron chi connectivity index (χ0n) is 26.1. The van der Waals surface area contributed by atoms with Crippen molar-refractivity contribution < 1.29 is 4.42 Å². The van der Waals surface area contributed by atoms with Crippen LogP contribution in [0.1, 0.15) is 0 Å². The van der Waals surface area contributed by atoms with Gasteiger partial charge in [0.1, 0.15) is 16.8 Å². The summed E-state index contributed by atoms with van der Waals surface area (Å²) in [6.07, 6.45) is 0. The van der Waals surface area contributed by atoms with Gasteiger partial charge in [-0.1, -0.05) is 97.1 Å². The fourth-order valence-corrected chi connectivity index (χ4v) is 8.50. The molecule has 0 radical (unpaired) electrons. The molecule has 11 aromatic rings. The van der Waals surface area contributed by atoms with Gasteiger partial charge in [0.05, 0.1) is 22.1 Å². The summed E-state index contributed by atoms with van der Waals surface area (Å²) in [5.74, 6) is 0.627. The predicted octanol–water partition coefficient (Wildman–Crippen LogP) is 11.4. The molecule has 1 aliphatic carbocycles. The van der Waals surface area contributed by atoms with Gasteiger partial charge in [0, 0.05) is 43.6 Å². The molecule has 0 bridgehead atoms. The van der Waals surface area contributed by atoms with E-state index in [4.69, 9.17) is 14.4 Å². The van der Waals surface area contributed by atoms with Crippen LogP contribution in [0, 0.1) is 0 Å². The first-order valence-electron chi connectivity index (χ1n) is 16.6. The standard InChI is InChI=1S/C44H24N4O/c1-3-11-26(12-4-1)41-43-42(30-15-7-8-20-35(30)49-43)46-44(45-41)48-32-19-10-17-29-28-16-9-18-31-37(28)39-33(47(31)27-13-5-2-6-14-27)23-21-25-22-24-34(48)40(36(25)39)38(29)32/h1-24H. The maximum atomic E-state index is 6.45. The number of nitrogens with zero attached hydrogens (tertiary/aromatic N) is 4. The van der Waals surface area contributed by atoms with Crippen molar-refractivity contribution in [1.29, 1.82) is 0 Å². The van der Waals surface area contributed by atoms with Gasteiger partial charge in [0.15, 0.2) is 5.58 Å². The first kappa shape index (κ1) is 25.4. The fourth-order valence-electron chi connectivity index (χ4n) is 8.50. The third-order valence-corrected chi connectivity index (χ3v) is 10.5. The topological polar surface area (TPSA) is 48.8 Å². The lowest BCUT2D eigenvalue weighted by atomic mass is 9.98. The van der Waals surface area contributed by atoms with E-state index in [9.17, 15) is 0 Å². The van der Waals surface area contributed by atoms with Crippen LogP contribution >= 0.6 is 0 Å². The van der Waals surface area contributed by atoms with E-state index in [-0.39, 0.29) is 0 Å². The molecular formula is C44H24N4O. The van der Waals surface area contributed by atoms with Crippen LogP contribution < -0.4 is 0 Å². The van der Waals surface area contributed by atoms with Crippen molar-refractivity contribution >= 4 is 76.5 Å². The highest BCUT2D eigenvalue weighted by Crippen LogP contribution is 2.51. The first-order chi connectivity index (χ1) is 24.3. The molecule has 5 heteroatoms. The Morgan fingerprint density at radius 3 is 1.80 bits per heavy atom. The maximum absolute atomic E-state index is 6.45. The first-order valence-corrected chi connectivity index (χ1v) is 16.6. The summed E-state index contributed by atoms with van der Waals surface area (Å²) in [5.41, 5.74) is 12.3. The molecule has 0 spiro atoms. The number of hydrogen-bond donors (Lipinski definition) is 0. The van der Waals surface area contributed by atoms with Crippen LogP contribution in [-0.2, 0) is 0 Å². The molecule has 0 saturated carbocycles. The Hall–Kier alpha value is -6.72. The molecule has 0 amide bonds. The molecule has 5 nitrogen and oxygen atoms in total. The fraction of sp³-hybridized carbons (Fsp3) is 0. The molecule has 0 unspecified atom stereocenters. The summed E-state index contributed by atoms with van der Waals surface area (Å²) >= 11 is 0. The van der Waals surface area contributed by atoms with Gasteiger partial charge in [-0.05, 0) is 65.0 Å². The highest BCUT2D eigenvalue weighted by atomic mass is 16.3. The van der Waals surface area contributed by atoms with E-state index in [1.165, 1.54) is 54.5 Å². The molecule has 4 aromatic heterocycles. The molecular weight excluding hydrogens is 601 g/mol. The van der Waals surface area contributed by atoms with Gasteiger partial charge >= 0.3 is 0 Å². The number of para-hydroxylation sites is 2. The smallest absolute Gasteiger partial charge is 0.236 e. The number of hydrogen-bond acceptors (Lipinski definition) is 3. The van der Waals surface area contributed by atoms with E-state index in [2.05, 4.69) is 118 Å². The second kappa shape index (κ2) is 9.00. The van der Waals surface area contributed by atoms with E-state index in [0.29, 0.717) is 11.5 Å². The van der Waals surface area contributed by atoms with E-state index >= 15 is 0 Å². The minimum absolute atomic E-state index is 0.627. The lowest BCUT2D eigenvalue weighted by molar-refractivity contribution is 0.666. The van der Waals surface area contributed by atoms with Crippen LogP contribution in [0.2, 0.25) is 0 Å². The summed E-state index contributed by atoms with van der Waals surface area (Å²) in [6.45, 7) is 0. The van der Waals surface area contributed by atoms with Gasteiger partial charge in [0.25, 0.3) is 0 Å². The van der Waals surface area contributed by atoms with Crippen LogP contribution in [0.3, 0.4) is 0 Å². The Balaban J connectivity index is 1.29. The Morgan fingerprint density at radius 1 is 0.449 bits per heavy atom. The van der Waals surface area contributed by atoms with Crippen LogP contribution in [0.5, 0.6) is 0 Å². The van der Waals surface area contributed by atoms with Gasteiger partial charge in [-0.3, -0.25) is 4.57 Å². The van der Waals surface area contributed by atoms with Crippen molar-refractivity contribution in [2.45, 2.75) is 0 Å². The van der Waals surface area contributed by atoms with Gasteiger partial charge in [-0.15, -0.1) is 0 Å². The summed E-state index contributed by atoms with van der Waals surface area (Å²) in [4.78, 5) is 10.6. The SMILES string of the molecule is c1ccc(-c2nc(-n3c4cccc5c4c4c6c(ccc7c6c6c-5cccc6n7-c5ccccc5)ccc43)nc3c2oc2ccccc23)cc1. The third-order valence-electron chi connectivity index (χ3n) is 10.5. The number of rotatable bonds is 3. The maximum Gasteiger partial charge on any atom is 0.236 e. The minimum atomic E-state index is 0.627. The van der Waals surface area contributed by atoms with Crippen molar-refractivity contribution in [1.82, 2.24) is 19.1 Å². The second-order valence-electron chi connectivity index (χ2n) is 12.9. The van der Waals surface area contributed by atoms with Gasteiger partial charge in [-0.25, -0.2) is 9.97 Å². The van der Waals surface area contributed by atoms with Crippen LogP contribution in [-0.4, -0.2) is 19.1 Å². The molecule has 49 heavy (non-hydrogen) atoms. The number of furan rings is 1. The monoisotopic (exact) mass is 624 g/mol. The van der Waals surface area contributed by atoms with E-state index in [0.717, 1.165) is 44.5 Å². The molecule has 4 heterocycles. The Labute approximate surface area is 278 Å². The molecule has 0 fully saturated rings. The molecule has 0 saturated heterocycles. The molecule has 0 N–H and O–H groups in total. The van der Waals surface area contributed by atoms with E-state index in [1.54, 1.807) is 0 Å². The lowest BCUT2D eigenvalue weighted by Gasteiger charge is -2.11. The average Bonchev–Trinajstić information content (AvgIpc) is 3.80. The van der Waals surface area contributed by atoms with Crippen molar-refractivity contribution in [3.05, 3.63) is 146 Å². The van der Waals surface area contributed by atoms with Crippen molar-refractivity contribution in [2.24, 2.45) is 0 Å². The highest BCUT2D eigenvalue weighted by Gasteiger charge is 2.28. The molecule has 0 atom stereocenters. The van der Waals surface area contributed by atoms with Gasteiger partial charge < -0.3 is 8.98 Å². The van der Waals surface area contributed by atoms with Crippen LogP contribution in [0.25, 0.3) is 110 Å². The average molecular weight is 625 g/mol. The van der Waals surface area contributed by atoms with E-state index < -0.39 is 0 Å². The summed E-state index contributed by atoms with van der Waals surface area (Å²) in [6, 6.07) is 51.6. The highest BCUT2D eigenvalue weighted by molar-refractivity contribution is 6.38. The predicted molar refractivity (Wildman–Crippen MR) is 200 cm³/mol. The lowest BCUT2D eigenvalue weighted by Crippen LogP contribution is -2.03. The normalized spacial score (nSPS) is 12.5.